The molecule has 0 aromatic heterocycles. The lowest BCUT2D eigenvalue weighted by molar-refractivity contribution is -0.175. The fourth-order valence-corrected chi connectivity index (χ4v) is 5.43. The zero-order chi connectivity index (χ0) is 23.0. The number of anilines is 2. The Bertz CT molecular complexity index is 1080. The van der Waals surface area contributed by atoms with Crippen molar-refractivity contribution < 1.29 is 34.2 Å². The van der Waals surface area contributed by atoms with Crippen LogP contribution in [0, 0.1) is 23.7 Å². The van der Waals surface area contributed by atoms with Gasteiger partial charge in [-0.05, 0) is 30.4 Å². The van der Waals surface area contributed by atoms with Crippen LogP contribution < -0.4 is 16.4 Å². The highest BCUT2D eigenvalue weighted by molar-refractivity contribution is 6.31. The predicted octanol–water partition coefficient (Wildman–Crippen LogP) is -1.02. The average molecular weight is 429 g/mol. The number of rotatable bonds is 2. The van der Waals surface area contributed by atoms with Gasteiger partial charge in [-0.2, -0.15) is 0 Å². The van der Waals surface area contributed by atoms with Gasteiger partial charge >= 0.3 is 0 Å². The Labute approximate surface area is 177 Å². The second kappa shape index (κ2) is 6.61. The number of amides is 1. The van der Waals surface area contributed by atoms with Crippen molar-refractivity contribution in [3.05, 3.63) is 17.2 Å². The molecule has 0 saturated heterocycles. The van der Waals surface area contributed by atoms with Gasteiger partial charge in [0.25, 0.3) is 0 Å². The van der Waals surface area contributed by atoms with E-state index in [0.717, 1.165) is 0 Å². The van der Waals surface area contributed by atoms with Crippen LogP contribution >= 0.6 is 0 Å². The normalized spacial score (nSPS) is 32.2. The summed E-state index contributed by atoms with van der Waals surface area (Å²) in [6.45, 7) is 0. The number of nitrogen functional groups attached to an aromatic ring is 1. The largest absolute Gasteiger partial charge is 0.505 e. The summed E-state index contributed by atoms with van der Waals surface area (Å²) < 4.78 is 0. The number of hydrogen-bond acceptors (Lipinski definition) is 9. The summed E-state index contributed by atoms with van der Waals surface area (Å²) in [6, 6.07) is 1.54. The van der Waals surface area contributed by atoms with Gasteiger partial charge in [-0.15, -0.1) is 0 Å². The molecule has 0 radical (unpaired) electrons. The van der Waals surface area contributed by atoms with Crippen molar-refractivity contribution in [2.24, 2.45) is 29.4 Å². The summed E-state index contributed by atoms with van der Waals surface area (Å²) in [5.74, 6) is -10.4. The summed E-state index contributed by atoms with van der Waals surface area (Å²) in [7, 11) is 3.49. The van der Waals surface area contributed by atoms with Gasteiger partial charge in [0, 0.05) is 32.1 Å². The minimum Gasteiger partial charge on any atom is -0.505 e. The monoisotopic (exact) mass is 429 g/mol. The number of phenols is 1. The molecule has 31 heavy (non-hydrogen) atoms. The number of ketones is 4. The molecule has 5 atom stereocenters. The Kier molecular flexibility index (Phi) is 4.48. The van der Waals surface area contributed by atoms with Crippen LogP contribution in [-0.4, -0.2) is 58.9 Å². The highest BCUT2D eigenvalue weighted by Crippen LogP contribution is 2.51. The minimum atomic E-state index is -2.65. The van der Waals surface area contributed by atoms with Gasteiger partial charge in [0.05, 0.1) is 17.2 Å². The molecule has 10 nitrogen and oxygen atoms in total. The summed E-state index contributed by atoms with van der Waals surface area (Å²) in [5.41, 5.74) is 9.35. The van der Waals surface area contributed by atoms with E-state index in [-0.39, 0.29) is 30.5 Å². The summed E-state index contributed by atoms with van der Waals surface area (Å²) in [6.07, 6.45) is -0.0918. The van der Waals surface area contributed by atoms with E-state index >= 15 is 0 Å². The minimum absolute atomic E-state index is 0.0396. The number of primary amides is 1. The highest BCUT2D eigenvalue weighted by Gasteiger charge is 2.66. The molecular weight excluding hydrogens is 406 g/mol. The van der Waals surface area contributed by atoms with Crippen LogP contribution in [0.2, 0.25) is 0 Å². The number of fused-ring (bicyclic) bond motifs is 3. The number of nitrogens with zero attached hydrogens (tertiary/aromatic N) is 1. The van der Waals surface area contributed by atoms with Gasteiger partial charge in [-0.25, -0.2) is 0 Å². The van der Waals surface area contributed by atoms with Crippen molar-refractivity contribution in [2.75, 3.05) is 24.7 Å². The van der Waals surface area contributed by atoms with E-state index in [1.165, 1.54) is 6.07 Å². The van der Waals surface area contributed by atoms with Gasteiger partial charge in [0.2, 0.25) is 5.91 Å². The van der Waals surface area contributed by atoms with E-state index in [0.29, 0.717) is 11.3 Å². The number of aliphatic hydroxyl groups is 1. The second-order valence-corrected chi connectivity index (χ2v) is 8.82. The Morgan fingerprint density at radius 1 is 1.16 bits per heavy atom. The van der Waals surface area contributed by atoms with Crippen LogP contribution in [0.5, 0.6) is 5.75 Å². The summed E-state index contributed by atoms with van der Waals surface area (Å²) in [4.78, 5) is 65.3. The quantitative estimate of drug-likeness (QED) is 0.260. The molecule has 164 valence electrons. The van der Waals surface area contributed by atoms with Gasteiger partial charge in [-0.3, -0.25) is 24.0 Å². The fourth-order valence-electron chi connectivity index (χ4n) is 5.43. The number of phenolic OH excluding ortho intramolecular Hbond substituents is 1. The standard InChI is InChI=1S/C21H23N3O7/c1-24(2)11-6-10(22)16(26)14-9(11)4-7-3-8-5-12(25)15(20(23)30)19(29)21(8,31)18(28)13(7)17(14)27/h6-8,13,15,26,31H,3-5,22H2,1-2H3,(H2,23,30)/t7-,8+,13?,15?,21+/m1/s1. The van der Waals surface area contributed by atoms with E-state index in [4.69, 9.17) is 11.5 Å². The van der Waals surface area contributed by atoms with Crippen LogP contribution in [0.4, 0.5) is 11.4 Å². The van der Waals surface area contributed by atoms with E-state index in [9.17, 15) is 34.2 Å². The molecule has 4 rings (SSSR count). The molecule has 1 amide bonds. The first-order valence-corrected chi connectivity index (χ1v) is 9.90. The number of hydrogen-bond donors (Lipinski definition) is 4. The van der Waals surface area contributed by atoms with Crippen molar-refractivity contribution in [2.45, 2.75) is 24.9 Å². The average Bonchev–Trinajstić information content (AvgIpc) is 2.66. The lowest BCUT2D eigenvalue weighted by atomic mass is 9.53. The molecule has 2 unspecified atom stereocenters. The maximum absolute atomic E-state index is 13.4. The summed E-state index contributed by atoms with van der Waals surface area (Å²) in [5, 5.41) is 21.6. The van der Waals surface area contributed by atoms with Crippen molar-refractivity contribution in [1.82, 2.24) is 0 Å². The Morgan fingerprint density at radius 3 is 2.39 bits per heavy atom. The first-order valence-electron chi connectivity index (χ1n) is 9.90. The molecule has 0 heterocycles. The molecule has 0 bridgehead atoms. The maximum Gasteiger partial charge on any atom is 0.235 e. The van der Waals surface area contributed by atoms with Gasteiger partial charge in [0.1, 0.15) is 5.75 Å². The third-order valence-corrected chi connectivity index (χ3v) is 6.89. The predicted molar refractivity (Wildman–Crippen MR) is 107 cm³/mol. The molecule has 1 aromatic rings. The molecule has 3 aliphatic carbocycles. The zero-order valence-electron chi connectivity index (χ0n) is 17.0. The van der Waals surface area contributed by atoms with Crippen molar-refractivity contribution in [3.8, 4) is 5.75 Å². The van der Waals surface area contributed by atoms with Crippen LogP contribution in [0.25, 0.3) is 0 Å². The third kappa shape index (κ3) is 2.64. The van der Waals surface area contributed by atoms with Crippen molar-refractivity contribution in [1.29, 1.82) is 0 Å². The number of benzene rings is 1. The zero-order valence-corrected chi connectivity index (χ0v) is 17.0. The lowest BCUT2D eigenvalue weighted by Gasteiger charge is -2.48. The number of carbonyl (C=O) groups excluding carboxylic acids is 5. The first-order chi connectivity index (χ1) is 14.4. The molecule has 2 saturated carbocycles. The molecule has 6 N–H and O–H groups in total. The topological polar surface area (TPSA) is 181 Å². The Hall–Kier alpha value is -3.27. The number of aromatic hydroxyl groups is 1. The van der Waals surface area contributed by atoms with Gasteiger partial charge < -0.3 is 26.6 Å². The maximum atomic E-state index is 13.4. The van der Waals surface area contributed by atoms with Crippen molar-refractivity contribution >= 4 is 40.4 Å². The van der Waals surface area contributed by atoms with E-state index in [1.807, 2.05) is 0 Å². The summed E-state index contributed by atoms with van der Waals surface area (Å²) >= 11 is 0. The van der Waals surface area contributed by atoms with Crippen LogP contribution in [-0.2, 0) is 25.6 Å². The third-order valence-electron chi connectivity index (χ3n) is 6.89. The molecule has 10 heteroatoms. The highest BCUT2D eigenvalue weighted by atomic mass is 16.3. The molecule has 0 spiro atoms. The number of Topliss-reactive ketones (excluding diaryl/α,β-unsaturated/α-hetero) is 4. The SMILES string of the molecule is CN(C)c1cc(N)c(O)c2c1C[C@H]1C[C@H]3CC(=O)C(C(N)=O)C(=O)[C@@]3(O)C(=O)C1C2=O. The van der Waals surface area contributed by atoms with Crippen molar-refractivity contribution in [3.63, 3.8) is 0 Å². The molecule has 0 aliphatic heterocycles. The van der Waals surface area contributed by atoms with Crippen LogP contribution in [0.3, 0.4) is 0 Å². The molecule has 1 aromatic carbocycles. The second-order valence-electron chi connectivity index (χ2n) is 8.82. The first kappa shape index (κ1) is 21.0. The molecular formula is C21H23N3O7. The molecule has 3 aliphatic rings. The van der Waals surface area contributed by atoms with E-state index < -0.39 is 64.1 Å². The molecule has 2 fully saturated rings. The number of nitrogens with two attached hydrogens (primary N) is 2. The van der Waals surface area contributed by atoms with Gasteiger partial charge in [-0.1, -0.05) is 0 Å². The fraction of sp³-hybridized carbons (Fsp3) is 0.476. The smallest absolute Gasteiger partial charge is 0.235 e. The van der Waals surface area contributed by atoms with Crippen LogP contribution in [0.15, 0.2) is 6.07 Å². The van der Waals surface area contributed by atoms with Crippen LogP contribution in [0.1, 0.15) is 28.8 Å². The van der Waals surface area contributed by atoms with Gasteiger partial charge in [0.15, 0.2) is 34.7 Å². The van der Waals surface area contributed by atoms with E-state index in [2.05, 4.69) is 0 Å². The lowest BCUT2D eigenvalue weighted by Crippen LogP contribution is -2.68. The van der Waals surface area contributed by atoms with E-state index in [1.54, 1.807) is 19.0 Å². The Morgan fingerprint density at radius 2 is 1.81 bits per heavy atom. The number of carbonyl (C=O) groups is 5. The Balaban J connectivity index is 1.85.